The predicted octanol–water partition coefficient (Wildman–Crippen LogP) is 5.91. The first kappa shape index (κ1) is 12.4. The summed E-state index contributed by atoms with van der Waals surface area (Å²) in [7, 11) is 0. The fourth-order valence-corrected chi connectivity index (χ4v) is 4.64. The maximum atomic E-state index is 2.45. The molecule has 0 saturated heterocycles. The van der Waals surface area contributed by atoms with Crippen molar-refractivity contribution in [3.8, 4) is 0 Å². The molecule has 0 aliphatic heterocycles. The van der Waals surface area contributed by atoms with Crippen molar-refractivity contribution >= 4 is 10.8 Å². The van der Waals surface area contributed by atoms with Crippen LogP contribution in [0.4, 0.5) is 0 Å². The summed E-state index contributed by atoms with van der Waals surface area (Å²) in [5.41, 5.74) is 1.59. The van der Waals surface area contributed by atoms with Crippen LogP contribution in [0.1, 0.15) is 56.4 Å². The molecular weight excluding hydrogens is 240 g/mol. The topological polar surface area (TPSA) is 0 Å². The van der Waals surface area contributed by atoms with Gasteiger partial charge in [0.2, 0.25) is 0 Å². The highest BCUT2D eigenvalue weighted by molar-refractivity contribution is 5.83. The van der Waals surface area contributed by atoms with Gasteiger partial charge in [-0.1, -0.05) is 68.1 Å². The van der Waals surface area contributed by atoms with Crippen molar-refractivity contribution in [3.05, 3.63) is 48.0 Å². The lowest BCUT2D eigenvalue weighted by Crippen LogP contribution is -2.26. The van der Waals surface area contributed by atoms with Crippen LogP contribution in [-0.4, -0.2) is 0 Å². The summed E-state index contributed by atoms with van der Waals surface area (Å²) in [6.45, 7) is 0. The van der Waals surface area contributed by atoms with Crippen molar-refractivity contribution < 1.29 is 0 Å². The molecule has 0 bridgehead atoms. The fraction of sp³-hybridized carbons (Fsp3) is 0.500. The van der Waals surface area contributed by atoms with Gasteiger partial charge in [0.15, 0.2) is 0 Å². The second-order valence-electron chi connectivity index (χ2n) is 6.92. The number of rotatable bonds is 1. The summed E-state index contributed by atoms with van der Waals surface area (Å²) in [6.07, 6.45) is 10.3. The summed E-state index contributed by atoms with van der Waals surface area (Å²) in [6, 6.07) is 15.9. The summed E-state index contributed by atoms with van der Waals surface area (Å²) >= 11 is 0. The Morgan fingerprint density at radius 3 is 2.40 bits per heavy atom. The third-order valence-electron chi connectivity index (χ3n) is 5.78. The SMILES string of the molecule is c1ccc2cc(C3CC[C@@H]4CCCC[C@@H]4C3)ccc2c1. The molecule has 0 spiro atoms. The molecule has 2 aromatic rings. The molecular formula is C20H24. The largest absolute Gasteiger partial charge is 0.0616 e. The van der Waals surface area contributed by atoms with E-state index in [0.29, 0.717) is 0 Å². The molecule has 3 atom stereocenters. The Morgan fingerprint density at radius 1 is 0.700 bits per heavy atom. The van der Waals surface area contributed by atoms with Crippen molar-refractivity contribution in [3.63, 3.8) is 0 Å². The monoisotopic (exact) mass is 264 g/mol. The molecule has 104 valence electrons. The molecule has 2 aliphatic carbocycles. The second-order valence-corrected chi connectivity index (χ2v) is 6.92. The van der Waals surface area contributed by atoms with Gasteiger partial charge < -0.3 is 0 Å². The van der Waals surface area contributed by atoms with Crippen LogP contribution in [0.3, 0.4) is 0 Å². The van der Waals surface area contributed by atoms with Gasteiger partial charge in [-0.3, -0.25) is 0 Å². The van der Waals surface area contributed by atoms with Gasteiger partial charge in [-0.15, -0.1) is 0 Å². The molecule has 2 fully saturated rings. The third-order valence-corrected chi connectivity index (χ3v) is 5.78. The Hall–Kier alpha value is -1.30. The van der Waals surface area contributed by atoms with Gasteiger partial charge in [-0.25, -0.2) is 0 Å². The van der Waals surface area contributed by atoms with E-state index in [1.165, 1.54) is 55.7 Å². The number of hydrogen-bond donors (Lipinski definition) is 0. The van der Waals surface area contributed by atoms with Crippen LogP contribution in [0.2, 0.25) is 0 Å². The number of benzene rings is 2. The first-order valence-corrected chi connectivity index (χ1v) is 8.39. The average Bonchev–Trinajstić information content (AvgIpc) is 2.54. The van der Waals surface area contributed by atoms with Crippen LogP contribution >= 0.6 is 0 Å². The molecule has 0 heterocycles. The van der Waals surface area contributed by atoms with Gasteiger partial charge >= 0.3 is 0 Å². The summed E-state index contributed by atoms with van der Waals surface area (Å²) in [5.74, 6) is 2.90. The highest BCUT2D eigenvalue weighted by Gasteiger charge is 2.32. The van der Waals surface area contributed by atoms with Gasteiger partial charge in [0.1, 0.15) is 0 Å². The van der Waals surface area contributed by atoms with Crippen molar-refractivity contribution in [2.24, 2.45) is 11.8 Å². The Morgan fingerprint density at radius 2 is 1.50 bits per heavy atom. The highest BCUT2D eigenvalue weighted by Crippen LogP contribution is 2.46. The van der Waals surface area contributed by atoms with Gasteiger partial charge in [0.25, 0.3) is 0 Å². The lowest BCUT2D eigenvalue weighted by Gasteiger charge is -2.39. The maximum absolute atomic E-state index is 2.45. The zero-order valence-corrected chi connectivity index (χ0v) is 12.2. The zero-order valence-electron chi connectivity index (χ0n) is 12.2. The summed E-state index contributed by atoms with van der Waals surface area (Å²) in [4.78, 5) is 0. The Labute approximate surface area is 122 Å². The average molecular weight is 264 g/mol. The van der Waals surface area contributed by atoms with E-state index in [0.717, 1.165) is 17.8 Å². The van der Waals surface area contributed by atoms with Crippen molar-refractivity contribution in [1.82, 2.24) is 0 Å². The van der Waals surface area contributed by atoms with E-state index in [1.807, 2.05) is 0 Å². The van der Waals surface area contributed by atoms with Crippen molar-refractivity contribution in [2.75, 3.05) is 0 Å². The first-order valence-electron chi connectivity index (χ1n) is 8.39. The van der Waals surface area contributed by atoms with Gasteiger partial charge in [0.05, 0.1) is 0 Å². The van der Waals surface area contributed by atoms with E-state index in [4.69, 9.17) is 0 Å². The molecule has 2 aliphatic rings. The van der Waals surface area contributed by atoms with E-state index in [2.05, 4.69) is 42.5 Å². The van der Waals surface area contributed by atoms with E-state index in [-0.39, 0.29) is 0 Å². The zero-order chi connectivity index (χ0) is 13.4. The molecule has 1 unspecified atom stereocenters. The van der Waals surface area contributed by atoms with E-state index >= 15 is 0 Å². The van der Waals surface area contributed by atoms with E-state index in [9.17, 15) is 0 Å². The predicted molar refractivity (Wildman–Crippen MR) is 86.0 cm³/mol. The lowest BCUT2D eigenvalue weighted by molar-refractivity contribution is 0.155. The number of hydrogen-bond acceptors (Lipinski definition) is 0. The van der Waals surface area contributed by atoms with E-state index < -0.39 is 0 Å². The first-order chi connectivity index (χ1) is 9.90. The quantitative estimate of drug-likeness (QED) is 0.600. The lowest BCUT2D eigenvalue weighted by atomic mass is 9.66. The van der Waals surface area contributed by atoms with Crippen LogP contribution in [0, 0.1) is 11.8 Å². The Bertz CT molecular complexity index is 598. The highest BCUT2D eigenvalue weighted by atomic mass is 14.4. The Kier molecular flexibility index (Phi) is 3.26. The molecule has 4 rings (SSSR count). The minimum atomic E-state index is 0.818. The molecule has 0 heteroatoms. The van der Waals surface area contributed by atoms with Crippen LogP contribution in [0.5, 0.6) is 0 Å². The molecule has 0 aromatic heterocycles. The van der Waals surface area contributed by atoms with Crippen LogP contribution in [-0.2, 0) is 0 Å². The minimum absolute atomic E-state index is 0.818. The third kappa shape index (κ3) is 2.26. The normalized spacial score (nSPS) is 30.1. The van der Waals surface area contributed by atoms with Crippen LogP contribution < -0.4 is 0 Å². The molecule has 2 aromatic carbocycles. The van der Waals surface area contributed by atoms with E-state index in [1.54, 1.807) is 5.56 Å². The fourth-order valence-electron chi connectivity index (χ4n) is 4.64. The maximum Gasteiger partial charge on any atom is -0.0159 e. The number of fused-ring (bicyclic) bond motifs is 2. The molecule has 0 nitrogen and oxygen atoms in total. The molecule has 0 amide bonds. The Balaban J connectivity index is 1.59. The van der Waals surface area contributed by atoms with Gasteiger partial charge in [-0.05, 0) is 53.4 Å². The standard InChI is InChI=1S/C20H24/c1-3-7-17-13-19(11-9-15(17)5-1)20-12-10-16-6-2-4-8-18(16)14-20/h1,3,5,7,9,11,13,16,18,20H,2,4,6,8,10,12,14H2/t16-,18+,20?/m0/s1. The van der Waals surface area contributed by atoms with Crippen molar-refractivity contribution in [2.45, 2.75) is 50.9 Å². The summed E-state index contributed by atoms with van der Waals surface area (Å²) < 4.78 is 0. The molecule has 0 radical (unpaired) electrons. The van der Waals surface area contributed by atoms with Crippen LogP contribution in [0.25, 0.3) is 10.8 Å². The van der Waals surface area contributed by atoms with Gasteiger partial charge in [-0.2, -0.15) is 0 Å². The van der Waals surface area contributed by atoms with Gasteiger partial charge in [0, 0.05) is 0 Å². The molecule has 20 heavy (non-hydrogen) atoms. The molecule has 0 N–H and O–H groups in total. The minimum Gasteiger partial charge on any atom is -0.0616 e. The van der Waals surface area contributed by atoms with Crippen LogP contribution in [0.15, 0.2) is 42.5 Å². The van der Waals surface area contributed by atoms with Crippen molar-refractivity contribution in [1.29, 1.82) is 0 Å². The summed E-state index contributed by atoms with van der Waals surface area (Å²) in [5, 5.41) is 2.79. The molecule has 2 saturated carbocycles. The second kappa shape index (κ2) is 5.24. The smallest absolute Gasteiger partial charge is 0.0159 e.